The molecule has 2 rings (SSSR count). The number of hydrogen-bond acceptors (Lipinski definition) is 4. The van der Waals surface area contributed by atoms with E-state index in [0.29, 0.717) is 23.4 Å². The molecule has 0 aliphatic carbocycles. The summed E-state index contributed by atoms with van der Waals surface area (Å²) in [7, 11) is 0. The Labute approximate surface area is 195 Å². The number of ether oxygens (including phenoxy) is 1. The minimum atomic E-state index is -0.554. The van der Waals surface area contributed by atoms with Gasteiger partial charge in [0.15, 0.2) is 0 Å². The monoisotopic (exact) mass is 461 g/mol. The molecule has 6 heteroatoms. The molecule has 2 aromatic rings. The van der Waals surface area contributed by atoms with Crippen LogP contribution < -0.4 is 10.1 Å². The largest absolute Gasteiger partial charge is 0.494 e. The first kappa shape index (κ1) is 25.3. The molecule has 0 spiro atoms. The van der Waals surface area contributed by atoms with Gasteiger partial charge in [-0.3, -0.25) is 9.59 Å². The number of halogens is 1. The quantitative estimate of drug-likeness (QED) is 0.179. The van der Waals surface area contributed by atoms with Gasteiger partial charge in [0, 0.05) is 16.0 Å². The summed E-state index contributed by atoms with van der Waals surface area (Å²) >= 11 is 7.05. The maximum absolute atomic E-state index is 12.6. The molecule has 1 N–H and O–H groups in total. The van der Waals surface area contributed by atoms with E-state index < -0.39 is 5.24 Å². The molecule has 0 fully saturated rings. The van der Waals surface area contributed by atoms with Crippen molar-refractivity contribution in [3.05, 3.63) is 53.6 Å². The first-order chi connectivity index (χ1) is 15.0. The van der Waals surface area contributed by atoms with Crippen molar-refractivity contribution < 1.29 is 14.3 Å². The molecule has 4 nitrogen and oxygen atoms in total. The molecule has 0 unspecified atom stereocenters. The molecule has 0 radical (unpaired) electrons. The Morgan fingerprint density at radius 2 is 1.52 bits per heavy atom. The second-order valence-corrected chi connectivity index (χ2v) is 8.68. The molecule has 0 heterocycles. The Balaban J connectivity index is 1.79. The van der Waals surface area contributed by atoms with Gasteiger partial charge in [-0.25, -0.2) is 0 Å². The van der Waals surface area contributed by atoms with E-state index in [0.717, 1.165) is 17.1 Å². The number of rotatable bonds is 14. The highest BCUT2D eigenvalue weighted by Gasteiger charge is 2.12. The van der Waals surface area contributed by atoms with Gasteiger partial charge in [0.25, 0.3) is 11.1 Å². The fraction of sp³-hybridized carbons (Fsp3) is 0.440. The molecular formula is C25H32ClNO3S. The van der Waals surface area contributed by atoms with E-state index in [9.17, 15) is 9.59 Å². The van der Waals surface area contributed by atoms with Crippen LogP contribution in [0.1, 0.15) is 79.0 Å². The molecule has 0 atom stereocenters. The zero-order chi connectivity index (χ0) is 22.5. The van der Waals surface area contributed by atoms with E-state index in [1.54, 1.807) is 30.3 Å². The van der Waals surface area contributed by atoms with Gasteiger partial charge in [-0.15, -0.1) is 11.8 Å². The Kier molecular flexibility index (Phi) is 11.5. The van der Waals surface area contributed by atoms with Gasteiger partial charge in [0.1, 0.15) is 5.75 Å². The van der Waals surface area contributed by atoms with Crippen LogP contribution in [0.25, 0.3) is 0 Å². The van der Waals surface area contributed by atoms with E-state index in [-0.39, 0.29) is 5.91 Å². The summed E-state index contributed by atoms with van der Waals surface area (Å²) < 4.78 is 5.80. The maximum atomic E-state index is 12.6. The predicted octanol–water partition coefficient (Wildman–Crippen LogP) is 7.56. The average molecular weight is 462 g/mol. The standard InChI is InChI=1S/C25H32ClNO3S/c1-3-4-5-6-7-8-9-10-17-30-21-14-11-19(12-15-21)25(29)27-22-18-20(24(26)28)13-16-23(22)31-2/h11-16,18H,3-10,17H2,1-2H3,(H,27,29). The van der Waals surface area contributed by atoms with Crippen LogP contribution in [0.2, 0.25) is 0 Å². The summed E-state index contributed by atoms with van der Waals surface area (Å²) in [5, 5.41) is 2.31. The summed E-state index contributed by atoms with van der Waals surface area (Å²) in [4.78, 5) is 24.9. The Bertz CT molecular complexity index is 839. The van der Waals surface area contributed by atoms with E-state index in [4.69, 9.17) is 16.3 Å². The zero-order valence-corrected chi connectivity index (χ0v) is 20.0. The predicted molar refractivity (Wildman–Crippen MR) is 131 cm³/mol. The van der Waals surface area contributed by atoms with Gasteiger partial charge in [-0.1, -0.05) is 51.9 Å². The fourth-order valence-electron chi connectivity index (χ4n) is 3.25. The Morgan fingerprint density at radius 3 is 2.13 bits per heavy atom. The average Bonchev–Trinajstić information content (AvgIpc) is 2.78. The molecule has 0 aliphatic heterocycles. The highest BCUT2D eigenvalue weighted by molar-refractivity contribution is 7.98. The van der Waals surface area contributed by atoms with Crippen molar-refractivity contribution in [2.75, 3.05) is 18.2 Å². The van der Waals surface area contributed by atoms with Gasteiger partial charge in [0.05, 0.1) is 12.3 Å². The number of anilines is 1. The number of thioether (sulfide) groups is 1. The van der Waals surface area contributed by atoms with Gasteiger partial charge >= 0.3 is 0 Å². The number of unbranched alkanes of at least 4 members (excludes halogenated alkanes) is 7. The first-order valence-corrected chi connectivity index (χ1v) is 12.6. The van der Waals surface area contributed by atoms with Crippen LogP contribution in [-0.4, -0.2) is 24.0 Å². The van der Waals surface area contributed by atoms with E-state index >= 15 is 0 Å². The summed E-state index contributed by atoms with van der Waals surface area (Å²) in [5.74, 6) is 0.517. The normalized spacial score (nSPS) is 10.7. The van der Waals surface area contributed by atoms with Crippen molar-refractivity contribution >= 4 is 40.2 Å². The summed E-state index contributed by atoms with van der Waals surface area (Å²) in [6.45, 7) is 2.93. The van der Waals surface area contributed by atoms with Crippen molar-refractivity contribution in [2.24, 2.45) is 0 Å². The van der Waals surface area contributed by atoms with Crippen LogP contribution >= 0.6 is 23.4 Å². The van der Waals surface area contributed by atoms with Crippen molar-refractivity contribution in [2.45, 2.75) is 63.2 Å². The van der Waals surface area contributed by atoms with Crippen molar-refractivity contribution in [3.8, 4) is 5.75 Å². The number of benzene rings is 2. The van der Waals surface area contributed by atoms with Gasteiger partial charge in [-0.05, 0) is 66.7 Å². The van der Waals surface area contributed by atoms with Crippen LogP contribution in [-0.2, 0) is 0 Å². The third-order valence-electron chi connectivity index (χ3n) is 5.06. The number of carbonyl (C=O) groups excluding carboxylic acids is 2. The minimum Gasteiger partial charge on any atom is -0.494 e. The molecule has 1 amide bonds. The molecule has 2 aromatic carbocycles. The first-order valence-electron chi connectivity index (χ1n) is 11.0. The van der Waals surface area contributed by atoms with Gasteiger partial charge in [0.2, 0.25) is 0 Å². The molecule has 31 heavy (non-hydrogen) atoms. The van der Waals surface area contributed by atoms with Gasteiger partial charge in [-0.2, -0.15) is 0 Å². The Morgan fingerprint density at radius 1 is 0.903 bits per heavy atom. The van der Waals surface area contributed by atoms with Crippen molar-refractivity contribution in [3.63, 3.8) is 0 Å². The summed E-state index contributed by atoms with van der Waals surface area (Å²) in [6, 6.07) is 12.1. The van der Waals surface area contributed by atoms with Crippen LogP contribution in [0.5, 0.6) is 5.75 Å². The molecule has 0 saturated heterocycles. The van der Waals surface area contributed by atoms with Crippen LogP contribution in [0.15, 0.2) is 47.4 Å². The zero-order valence-electron chi connectivity index (χ0n) is 18.4. The number of amides is 1. The van der Waals surface area contributed by atoms with Gasteiger partial charge < -0.3 is 10.1 Å². The topological polar surface area (TPSA) is 55.4 Å². The lowest BCUT2D eigenvalue weighted by Crippen LogP contribution is -2.13. The molecule has 168 valence electrons. The van der Waals surface area contributed by atoms with E-state index in [1.165, 1.54) is 56.7 Å². The molecule has 0 aliphatic rings. The molecule has 0 bridgehead atoms. The fourth-order valence-corrected chi connectivity index (χ4v) is 3.90. The third kappa shape index (κ3) is 8.96. The lowest BCUT2D eigenvalue weighted by Gasteiger charge is -2.11. The second kappa shape index (κ2) is 14.2. The molecule has 0 saturated carbocycles. The molecule has 0 aromatic heterocycles. The highest BCUT2D eigenvalue weighted by atomic mass is 35.5. The maximum Gasteiger partial charge on any atom is 0.255 e. The minimum absolute atomic E-state index is 0.246. The SMILES string of the molecule is CCCCCCCCCCOc1ccc(C(=O)Nc2cc(C(=O)Cl)ccc2SC)cc1. The summed E-state index contributed by atoms with van der Waals surface area (Å²) in [6.07, 6.45) is 12.0. The van der Waals surface area contributed by atoms with E-state index in [2.05, 4.69) is 12.2 Å². The van der Waals surface area contributed by atoms with Crippen LogP contribution in [0.3, 0.4) is 0 Å². The van der Waals surface area contributed by atoms with Crippen molar-refractivity contribution in [1.82, 2.24) is 0 Å². The summed E-state index contributed by atoms with van der Waals surface area (Å²) in [5.41, 5.74) is 1.44. The van der Waals surface area contributed by atoms with Crippen LogP contribution in [0, 0.1) is 0 Å². The smallest absolute Gasteiger partial charge is 0.255 e. The number of nitrogens with one attached hydrogen (secondary N) is 1. The number of hydrogen-bond donors (Lipinski definition) is 1. The molecular weight excluding hydrogens is 430 g/mol. The van der Waals surface area contributed by atoms with Crippen LogP contribution in [0.4, 0.5) is 5.69 Å². The highest BCUT2D eigenvalue weighted by Crippen LogP contribution is 2.28. The third-order valence-corrected chi connectivity index (χ3v) is 6.07. The second-order valence-electron chi connectivity index (χ2n) is 7.49. The number of carbonyl (C=O) groups is 2. The van der Waals surface area contributed by atoms with Crippen molar-refractivity contribution in [1.29, 1.82) is 0 Å². The lowest BCUT2D eigenvalue weighted by atomic mass is 10.1. The Hall–Kier alpha value is -1.98. The lowest BCUT2D eigenvalue weighted by molar-refractivity contribution is 0.102. The van der Waals surface area contributed by atoms with E-state index in [1.807, 2.05) is 18.4 Å².